The Morgan fingerprint density at radius 3 is 2.71 bits per heavy atom. The molecule has 0 saturated heterocycles. The van der Waals surface area contributed by atoms with Crippen molar-refractivity contribution >= 4 is 33.3 Å². The van der Waals surface area contributed by atoms with Crippen molar-refractivity contribution in [3.63, 3.8) is 0 Å². The van der Waals surface area contributed by atoms with Gasteiger partial charge in [-0.2, -0.15) is 0 Å². The molecule has 28 heavy (non-hydrogen) atoms. The highest BCUT2D eigenvalue weighted by Crippen LogP contribution is 2.27. The van der Waals surface area contributed by atoms with E-state index in [1.54, 1.807) is 26.0 Å². The van der Waals surface area contributed by atoms with Gasteiger partial charge in [-0.05, 0) is 39.3 Å². The molecule has 0 unspecified atom stereocenters. The number of Topliss-reactive ketones (excluding diaryl/α,β-unsaturated/α-hetero) is 1. The first-order valence-corrected chi connectivity index (χ1v) is 9.54. The number of fused-ring (bicyclic) bond motifs is 1. The van der Waals surface area contributed by atoms with E-state index in [9.17, 15) is 14.4 Å². The molecule has 0 aliphatic heterocycles. The number of esters is 1. The van der Waals surface area contributed by atoms with Crippen LogP contribution in [0, 0.1) is 27.7 Å². The second kappa shape index (κ2) is 7.55. The van der Waals surface area contributed by atoms with Gasteiger partial charge in [0.25, 0.3) is 5.56 Å². The summed E-state index contributed by atoms with van der Waals surface area (Å²) in [7, 11) is 0. The van der Waals surface area contributed by atoms with Crippen molar-refractivity contribution in [1.82, 2.24) is 14.5 Å². The minimum absolute atomic E-state index is 0.276. The number of ether oxygens (including phenoxy) is 1. The molecule has 3 aromatic heterocycles. The molecule has 0 spiro atoms. The fourth-order valence-electron chi connectivity index (χ4n) is 3.21. The lowest BCUT2D eigenvalue weighted by Crippen LogP contribution is -2.15. The van der Waals surface area contributed by atoms with Crippen LogP contribution in [0.5, 0.6) is 0 Å². The second-order valence-corrected chi connectivity index (χ2v) is 7.57. The molecule has 0 aliphatic rings. The zero-order chi connectivity index (χ0) is 20.6. The van der Waals surface area contributed by atoms with Crippen LogP contribution in [0.1, 0.15) is 42.8 Å². The van der Waals surface area contributed by atoms with Crippen molar-refractivity contribution in [3.05, 3.63) is 62.3 Å². The molecule has 0 saturated carbocycles. The third-order valence-electron chi connectivity index (χ3n) is 4.62. The first-order chi connectivity index (χ1) is 13.2. The van der Waals surface area contributed by atoms with Crippen LogP contribution in [0.15, 0.2) is 23.5 Å². The number of hydrogen-bond acceptors (Lipinski definition) is 6. The Hall–Kier alpha value is -3.00. The normalized spacial score (nSPS) is 11.0. The standard InChI is InChI=1S/C20H21N3O4S/c1-6-7-23-10(2)8-14(12(23)4)15(24)9-27-20(26)17-11(3)16-18(25)21-13(5)22-19(16)28-17/h6,8H,1,7,9H2,2-5H3,(H,21,22,25). The highest BCUT2D eigenvalue weighted by molar-refractivity contribution is 7.20. The summed E-state index contributed by atoms with van der Waals surface area (Å²) in [5.41, 5.74) is 2.49. The molecule has 3 heterocycles. The topological polar surface area (TPSA) is 94.0 Å². The number of carbonyl (C=O) groups is 2. The number of rotatable bonds is 6. The lowest BCUT2D eigenvalue weighted by Gasteiger charge is -2.06. The average Bonchev–Trinajstić information content (AvgIpc) is 3.11. The fourth-order valence-corrected chi connectivity index (χ4v) is 4.34. The van der Waals surface area contributed by atoms with Gasteiger partial charge in [0.05, 0.1) is 5.39 Å². The average molecular weight is 399 g/mol. The number of aryl methyl sites for hydroxylation is 3. The third-order valence-corrected chi connectivity index (χ3v) is 5.79. The summed E-state index contributed by atoms with van der Waals surface area (Å²) >= 11 is 1.09. The lowest BCUT2D eigenvalue weighted by atomic mass is 10.1. The number of aromatic nitrogens is 3. The van der Waals surface area contributed by atoms with E-state index in [0.717, 1.165) is 22.7 Å². The summed E-state index contributed by atoms with van der Waals surface area (Å²) in [5, 5.41) is 0.377. The van der Waals surface area contributed by atoms with Gasteiger partial charge in [0.2, 0.25) is 5.78 Å². The molecule has 146 valence electrons. The Kier molecular flexibility index (Phi) is 5.33. The molecule has 0 atom stereocenters. The van der Waals surface area contributed by atoms with Crippen molar-refractivity contribution in [3.8, 4) is 0 Å². The van der Waals surface area contributed by atoms with Gasteiger partial charge in [-0.1, -0.05) is 6.08 Å². The smallest absolute Gasteiger partial charge is 0.349 e. The van der Waals surface area contributed by atoms with E-state index in [1.807, 2.05) is 18.4 Å². The third kappa shape index (κ3) is 3.43. The van der Waals surface area contributed by atoms with Gasteiger partial charge in [0.1, 0.15) is 15.5 Å². The number of ketones is 1. The summed E-state index contributed by atoms with van der Waals surface area (Å²) in [6.45, 7) is 11.1. The van der Waals surface area contributed by atoms with Crippen LogP contribution < -0.4 is 5.56 Å². The lowest BCUT2D eigenvalue weighted by molar-refractivity contribution is 0.0479. The summed E-state index contributed by atoms with van der Waals surface area (Å²) in [6, 6.07) is 1.78. The summed E-state index contributed by atoms with van der Waals surface area (Å²) in [4.78, 5) is 44.8. The van der Waals surface area contributed by atoms with Gasteiger partial charge < -0.3 is 14.3 Å². The quantitative estimate of drug-likeness (QED) is 0.390. The first-order valence-electron chi connectivity index (χ1n) is 8.72. The molecule has 0 amide bonds. The van der Waals surface area contributed by atoms with Crippen molar-refractivity contribution < 1.29 is 14.3 Å². The molecule has 0 aromatic carbocycles. The molecular formula is C20H21N3O4S. The van der Waals surface area contributed by atoms with Gasteiger partial charge in [-0.15, -0.1) is 17.9 Å². The number of carbonyl (C=O) groups excluding carboxylic acids is 2. The van der Waals surface area contributed by atoms with Crippen LogP contribution in [0.4, 0.5) is 0 Å². The van der Waals surface area contributed by atoms with Crippen LogP contribution in [-0.2, 0) is 11.3 Å². The van der Waals surface area contributed by atoms with Crippen molar-refractivity contribution in [1.29, 1.82) is 0 Å². The van der Waals surface area contributed by atoms with E-state index in [-0.39, 0.29) is 22.8 Å². The Bertz CT molecular complexity index is 1170. The minimum Gasteiger partial charge on any atom is -0.453 e. The zero-order valence-corrected chi connectivity index (χ0v) is 17.0. The first kappa shape index (κ1) is 19.8. The van der Waals surface area contributed by atoms with Gasteiger partial charge in [0, 0.05) is 23.5 Å². The van der Waals surface area contributed by atoms with Crippen LogP contribution >= 0.6 is 11.3 Å². The Balaban J connectivity index is 1.80. The zero-order valence-electron chi connectivity index (χ0n) is 16.2. The van der Waals surface area contributed by atoms with Gasteiger partial charge in [-0.3, -0.25) is 9.59 Å². The predicted molar refractivity (Wildman–Crippen MR) is 108 cm³/mol. The number of H-pyrrole nitrogens is 1. The van der Waals surface area contributed by atoms with E-state index in [1.165, 1.54) is 0 Å². The Labute approximate surface area is 165 Å². The molecule has 3 aromatic rings. The van der Waals surface area contributed by atoms with E-state index >= 15 is 0 Å². The van der Waals surface area contributed by atoms with Gasteiger partial charge >= 0.3 is 5.97 Å². The van der Waals surface area contributed by atoms with E-state index in [2.05, 4.69) is 16.5 Å². The van der Waals surface area contributed by atoms with E-state index < -0.39 is 5.97 Å². The molecule has 0 aliphatic carbocycles. The van der Waals surface area contributed by atoms with Crippen LogP contribution in [0.3, 0.4) is 0 Å². The highest BCUT2D eigenvalue weighted by Gasteiger charge is 2.22. The van der Waals surface area contributed by atoms with Crippen LogP contribution in [0.2, 0.25) is 0 Å². The maximum atomic E-state index is 12.5. The molecule has 3 rings (SSSR count). The number of allylic oxidation sites excluding steroid dienone is 1. The largest absolute Gasteiger partial charge is 0.453 e. The maximum Gasteiger partial charge on any atom is 0.349 e. The van der Waals surface area contributed by atoms with Crippen LogP contribution in [-0.4, -0.2) is 32.9 Å². The fraction of sp³-hybridized carbons (Fsp3) is 0.300. The molecule has 7 nitrogen and oxygen atoms in total. The summed E-state index contributed by atoms with van der Waals surface area (Å²) in [6.07, 6.45) is 1.76. The van der Waals surface area contributed by atoms with E-state index in [0.29, 0.717) is 33.7 Å². The van der Waals surface area contributed by atoms with Crippen molar-refractivity contribution in [2.45, 2.75) is 34.2 Å². The van der Waals surface area contributed by atoms with Crippen LogP contribution in [0.25, 0.3) is 10.2 Å². The minimum atomic E-state index is -0.634. The summed E-state index contributed by atoms with van der Waals surface area (Å²) < 4.78 is 7.21. The maximum absolute atomic E-state index is 12.5. The molecule has 0 fully saturated rings. The number of aromatic amines is 1. The molecular weight excluding hydrogens is 378 g/mol. The summed E-state index contributed by atoms with van der Waals surface area (Å²) in [5.74, 6) is -0.433. The SMILES string of the molecule is C=CCn1c(C)cc(C(=O)COC(=O)c2sc3nc(C)[nH]c(=O)c3c2C)c1C. The monoisotopic (exact) mass is 399 g/mol. The number of nitrogens with one attached hydrogen (secondary N) is 1. The Morgan fingerprint density at radius 1 is 1.32 bits per heavy atom. The number of thiophene rings is 1. The molecule has 1 N–H and O–H groups in total. The van der Waals surface area contributed by atoms with Crippen molar-refractivity contribution in [2.75, 3.05) is 6.61 Å². The van der Waals surface area contributed by atoms with Crippen molar-refractivity contribution in [2.24, 2.45) is 0 Å². The molecule has 0 radical (unpaired) electrons. The van der Waals surface area contributed by atoms with E-state index in [4.69, 9.17) is 4.74 Å². The number of nitrogens with zero attached hydrogens (tertiary/aromatic N) is 2. The molecule has 8 heteroatoms. The predicted octanol–water partition coefficient (Wildman–Crippen LogP) is 3.25. The molecule has 0 bridgehead atoms. The van der Waals surface area contributed by atoms with Gasteiger partial charge in [-0.25, -0.2) is 9.78 Å². The highest BCUT2D eigenvalue weighted by atomic mass is 32.1. The number of hydrogen-bond donors (Lipinski definition) is 1. The van der Waals surface area contributed by atoms with Gasteiger partial charge in [0.15, 0.2) is 6.61 Å². The second-order valence-electron chi connectivity index (χ2n) is 6.57. The Morgan fingerprint density at radius 2 is 2.04 bits per heavy atom.